The Morgan fingerprint density at radius 2 is 2.31 bits per heavy atom. The van der Waals surface area contributed by atoms with Gasteiger partial charge in [0.2, 0.25) is 0 Å². The largest absolute Gasteiger partial charge is 0.506 e. The number of nitrogens with zero attached hydrogens (tertiary/aromatic N) is 1. The minimum Gasteiger partial charge on any atom is -0.506 e. The minimum absolute atomic E-state index is 0.247. The SMILES string of the molecule is NCCc1ccc(O)c2ncsc12. The van der Waals surface area contributed by atoms with Crippen LogP contribution >= 0.6 is 11.3 Å². The molecule has 3 N–H and O–H groups in total. The molecule has 0 aliphatic rings. The lowest BCUT2D eigenvalue weighted by Gasteiger charge is -2.00. The average molecular weight is 194 g/mol. The van der Waals surface area contributed by atoms with Gasteiger partial charge in [-0.1, -0.05) is 6.07 Å². The predicted molar refractivity (Wildman–Crippen MR) is 54.0 cm³/mol. The molecule has 0 bridgehead atoms. The van der Waals surface area contributed by atoms with Gasteiger partial charge in [0.15, 0.2) is 0 Å². The predicted octanol–water partition coefficient (Wildman–Crippen LogP) is 1.50. The third-order valence-electron chi connectivity index (χ3n) is 1.96. The zero-order chi connectivity index (χ0) is 9.26. The second-order valence-electron chi connectivity index (χ2n) is 2.81. The summed E-state index contributed by atoms with van der Waals surface area (Å²) < 4.78 is 1.05. The number of hydrogen-bond acceptors (Lipinski definition) is 4. The third kappa shape index (κ3) is 1.38. The molecule has 0 spiro atoms. The number of aromatic hydroxyl groups is 1. The van der Waals surface area contributed by atoms with Crippen molar-refractivity contribution < 1.29 is 5.11 Å². The highest BCUT2D eigenvalue weighted by atomic mass is 32.1. The Morgan fingerprint density at radius 3 is 3.08 bits per heavy atom. The van der Waals surface area contributed by atoms with Crippen LogP contribution in [-0.4, -0.2) is 16.6 Å². The molecule has 3 nitrogen and oxygen atoms in total. The summed E-state index contributed by atoms with van der Waals surface area (Å²) in [4.78, 5) is 4.09. The Bertz CT molecular complexity index is 424. The molecule has 1 aromatic carbocycles. The molecule has 0 amide bonds. The van der Waals surface area contributed by atoms with Gasteiger partial charge in [-0.3, -0.25) is 0 Å². The number of nitrogens with two attached hydrogens (primary N) is 1. The summed E-state index contributed by atoms with van der Waals surface area (Å²) in [6.45, 7) is 0.623. The van der Waals surface area contributed by atoms with E-state index in [1.165, 1.54) is 0 Å². The van der Waals surface area contributed by atoms with Crippen LogP contribution in [0.3, 0.4) is 0 Å². The number of benzene rings is 1. The zero-order valence-corrected chi connectivity index (χ0v) is 7.84. The lowest BCUT2D eigenvalue weighted by Crippen LogP contribution is -2.02. The van der Waals surface area contributed by atoms with Crippen molar-refractivity contribution in [3.8, 4) is 5.75 Å². The van der Waals surface area contributed by atoms with E-state index in [0.717, 1.165) is 16.7 Å². The summed E-state index contributed by atoms with van der Waals surface area (Å²) >= 11 is 1.54. The second-order valence-corrected chi connectivity index (χ2v) is 3.67. The fourth-order valence-corrected chi connectivity index (χ4v) is 2.20. The maximum Gasteiger partial charge on any atom is 0.142 e. The topological polar surface area (TPSA) is 59.1 Å². The summed E-state index contributed by atoms with van der Waals surface area (Å²) in [6, 6.07) is 3.58. The fourth-order valence-electron chi connectivity index (χ4n) is 1.34. The summed E-state index contributed by atoms with van der Waals surface area (Å²) in [6.07, 6.45) is 0.832. The van der Waals surface area contributed by atoms with Crippen LogP contribution in [0, 0.1) is 0 Å². The van der Waals surface area contributed by atoms with Crippen molar-refractivity contribution in [2.45, 2.75) is 6.42 Å². The van der Waals surface area contributed by atoms with Crippen molar-refractivity contribution in [3.05, 3.63) is 23.2 Å². The van der Waals surface area contributed by atoms with Crippen LogP contribution in [0.1, 0.15) is 5.56 Å². The first kappa shape index (κ1) is 8.47. The number of aromatic nitrogens is 1. The van der Waals surface area contributed by atoms with Crippen molar-refractivity contribution in [1.29, 1.82) is 0 Å². The Labute approximate surface area is 79.8 Å². The van der Waals surface area contributed by atoms with E-state index in [-0.39, 0.29) is 5.75 Å². The number of fused-ring (bicyclic) bond motifs is 1. The first-order chi connectivity index (χ1) is 6.33. The summed E-state index contributed by atoms with van der Waals surface area (Å²) in [5.74, 6) is 0.247. The molecule has 2 aromatic rings. The standard InChI is InChI=1S/C9H10N2OS/c10-4-3-6-1-2-7(12)8-9(6)13-5-11-8/h1-2,5,12H,3-4,10H2. The van der Waals surface area contributed by atoms with E-state index >= 15 is 0 Å². The molecule has 0 atom stereocenters. The van der Waals surface area contributed by atoms with Gasteiger partial charge in [0.25, 0.3) is 0 Å². The first-order valence-corrected chi connectivity index (χ1v) is 4.95. The van der Waals surface area contributed by atoms with Gasteiger partial charge < -0.3 is 10.8 Å². The molecule has 1 heterocycles. The zero-order valence-electron chi connectivity index (χ0n) is 7.03. The normalized spacial score (nSPS) is 10.8. The van der Waals surface area contributed by atoms with Gasteiger partial charge in [0.05, 0.1) is 10.2 Å². The Morgan fingerprint density at radius 1 is 1.46 bits per heavy atom. The van der Waals surface area contributed by atoms with Gasteiger partial charge in [0.1, 0.15) is 11.3 Å². The van der Waals surface area contributed by atoms with Crippen molar-refractivity contribution in [1.82, 2.24) is 4.98 Å². The van der Waals surface area contributed by atoms with E-state index in [9.17, 15) is 5.11 Å². The van der Waals surface area contributed by atoms with Gasteiger partial charge in [-0.05, 0) is 24.6 Å². The maximum atomic E-state index is 9.47. The highest BCUT2D eigenvalue weighted by Crippen LogP contribution is 2.29. The van der Waals surface area contributed by atoms with E-state index in [1.807, 2.05) is 6.07 Å². The Balaban J connectivity index is 2.64. The molecule has 0 radical (unpaired) electrons. The van der Waals surface area contributed by atoms with E-state index < -0.39 is 0 Å². The molecule has 4 heteroatoms. The van der Waals surface area contributed by atoms with Crippen LogP contribution in [-0.2, 0) is 6.42 Å². The van der Waals surface area contributed by atoms with Gasteiger partial charge >= 0.3 is 0 Å². The van der Waals surface area contributed by atoms with Crippen LogP contribution in [0.4, 0.5) is 0 Å². The van der Waals surface area contributed by atoms with Crippen molar-refractivity contribution in [2.75, 3.05) is 6.54 Å². The number of rotatable bonds is 2. The molecule has 0 unspecified atom stereocenters. The quantitative estimate of drug-likeness (QED) is 0.761. The second kappa shape index (κ2) is 3.32. The number of hydrogen-bond donors (Lipinski definition) is 2. The summed E-state index contributed by atoms with van der Waals surface area (Å²) in [5, 5.41) is 9.47. The van der Waals surface area contributed by atoms with Crippen LogP contribution in [0.25, 0.3) is 10.2 Å². The molecule has 2 rings (SSSR count). The molecule has 0 fully saturated rings. The van der Waals surface area contributed by atoms with E-state index in [0.29, 0.717) is 12.1 Å². The van der Waals surface area contributed by atoms with E-state index in [4.69, 9.17) is 5.73 Å². The first-order valence-electron chi connectivity index (χ1n) is 4.07. The highest BCUT2D eigenvalue weighted by Gasteiger charge is 2.06. The monoisotopic (exact) mass is 194 g/mol. The van der Waals surface area contributed by atoms with Crippen molar-refractivity contribution in [2.24, 2.45) is 5.73 Å². The molecule has 0 aliphatic carbocycles. The van der Waals surface area contributed by atoms with E-state index in [1.54, 1.807) is 22.9 Å². The van der Waals surface area contributed by atoms with Gasteiger partial charge in [-0.2, -0.15) is 0 Å². The smallest absolute Gasteiger partial charge is 0.142 e. The Hall–Kier alpha value is -1.13. The molecule has 0 saturated carbocycles. The van der Waals surface area contributed by atoms with Gasteiger partial charge in [-0.25, -0.2) is 4.98 Å². The minimum atomic E-state index is 0.247. The van der Waals surface area contributed by atoms with Crippen LogP contribution in [0.15, 0.2) is 17.6 Å². The summed E-state index contributed by atoms with van der Waals surface area (Å²) in [7, 11) is 0. The lowest BCUT2D eigenvalue weighted by molar-refractivity contribution is 0.480. The molecule has 1 aromatic heterocycles. The maximum absolute atomic E-state index is 9.47. The van der Waals surface area contributed by atoms with Gasteiger partial charge in [-0.15, -0.1) is 11.3 Å². The molecular formula is C9H10N2OS. The summed E-state index contributed by atoms with van der Waals surface area (Å²) in [5.41, 5.74) is 9.08. The van der Waals surface area contributed by atoms with Crippen LogP contribution < -0.4 is 5.73 Å². The Kier molecular flexibility index (Phi) is 2.16. The fraction of sp³-hybridized carbons (Fsp3) is 0.222. The number of thiazole rings is 1. The lowest BCUT2D eigenvalue weighted by atomic mass is 10.1. The number of phenols is 1. The van der Waals surface area contributed by atoms with Crippen molar-refractivity contribution in [3.63, 3.8) is 0 Å². The van der Waals surface area contributed by atoms with Crippen LogP contribution in [0.5, 0.6) is 5.75 Å². The average Bonchev–Trinajstić information content (AvgIpc) is 2.59. The number of phenolic OH excluding ortho intramolecular Hbond substituents is 1. The van der Waals surface area contributed by atoms with Crippen molar-refractivity contribution >= 4 is 21.6 Å². The third-order valence-corrected chi connectivity index (χ3v) is 2.86. The molecule has 0 aliphatic heterocycles. The molecule has 0 saturated heterocycles. The highest BCUT2D eigenvalue weighted by molar-refractivity contribution is 7.17. The van der Waals surface area contributed by atoms with Crippen LogP contribution in [0.2, 0.25) is 0 Å². The molecular weight excluding hydrogens is 184 g/mol. The molecule has 13 heavy (non-hydrogen) atoms. The molecule has 68 valence electrons. The van der Waals surface area contributed by atoms with E-state index in [2.05, 4.69) is 4.98 Å². The van der Waals surface area contributed by atoms with Gasteiger partial charge in [0, 0.05) is 0 Å².